The summed E-state index contributed by atoms with van der Waals surface area (Å²) in [6.45, 7) is 8.19. The molecule has 0 spiro atoms. The first-order chi connectivity index (χ1) is 9.69. The first-order valence-corrected chi connectivity index (χ1v) is 7.38. The molecule has 1 heterocycles. The predicted molar refractivity (Wildman–Crippen MR) is 82.6 cm³/mol. The number of aromatic nitrogens is 3. The van der Waals surface area contributed by atoms with Crippen LogP contribution in [0.2, 0.25) is 0 Å². The van der Waals surface area contributed by atoms with Crippen LogP contribution in [0.15, 0.2) is 30.6 Å². The summed E-state index contributed by atoms with van der Waals surface area (Å²) in [6, 6.07) is 8.64. The van der Waals surface area contributed by atoms with Crippen molar-refractivity contribution in [3.63, 3.8) is 0 Å². The van der Waals surface area contributed by atoms with Crippen LogP contribution >= 0.6 is 0 Å². The summed E-state index contributed by atoms with van der Waals surface area (Å²) in [5, 5.41) is 7.68. The van der Waals surface area contributed by atoms with Crippen LogP contribution in [0, 0.1) is 5.92 Å². The van der Waals surface area contributed by atoms with Crippen LogP contribution in [0.1, 0.15) is 38.6 Å². The van der Waals surface area contributed by atoms with Crippen molar-refractivity contribution in [2.24, 2.45) is 5.92 Å². The second-order valence-corrected chi connectivity index (χ2v) is 5.55. The third-order valence-electron chi connectivity index (χ3n) is 3.18. The van der Waals surface area contributed by atoms with Gasteiger partial charge in [-0.15, -0.1) is 0 Å². The monoisotopic (exact) mass is 272 g/mol. The van der Waals surface area contributed by atoms with Crippen molar-refractivity contribution >= 4 is 5.69 Å². The minimum absolute atomic E-state index is 0.573. The van der Waals surface area contributed by atoms with E-state index in [2.05, 4.69) is 60.4 Å². The number of hydrogen-bond acceptors (Lipinski definition) is 3. The molecule has 0 amide bonds. The highest BCUT2D eigenvalue weighted by atomic mass is 15.3. The molecule has 0 aliphatic carbocycles. The van der Waals surface area contributed by atoms with Crippen molar-refractivity contribution in [3.8, 4) is 0 Å². The third-order valence-corrected chi connectivity index (χ3v) is 3.18. The molecule has 1 N–H and O–H groups in total. The standard InChI is InChI=1S/C16H24N4/c1-4-5-14-6-8-15(9-7-14)17-10-16-18-12-19-20(16)11-13(2)3/h6-9,12-13,17H,4-5,10-11H2,1-3H3. The molecule has 0 fully saturated rings. The zero-order valence-corrected chi connectivity index (χ0v) is 12.6. The summed E-state index contributed by atoms with van der Waals surface area (Å²) in [5.41, 5.74) is 2.52. The van der Waals surface area contributed by atoms with Gasteiger partial charge in [-0.3, -0.25) is 0 Å². The minimum Gasteiger partial charge on any atom is -0.378 e. The van der Waals surface area contributed by atoms with E-state index in [1.807, 2.05) is 4.68 Å². The van der Waals surface area contributed by atoms with Gasteiger partial charge in [-0.1, -0.05) is 39.3 Å². The molecule has 0 saturated carbocycles. The summed E-state index contributed by atoms with van der Waals surface area (Å²) in [4.78, 5) is 4.32. The van der Waals surface area contributed by atoms with E-state index in [-0.39, 0.29) is 0 Å². The van der Waals surface area contributed by atoms with Crippen LogP contribution in [-0.4, -0.2) is 14.8 Å². The molecule has 0 radical (unpaired) electrons. The highest BCUT2D eigenvalue weighted by Crippen LogP contribution is 2.12. The Morgan fingerprint density at radius 2 is 1.95 bits per heavy atom. The van der Waals surface area contributed by atoms with Crippen LogP contribution in [-0.2, 0) is 19.5 Å². The largest absolute Gasteiger partial charge is 0.378 e. The normalized spacial score (nSPS) is 11.0. The van der Waals surface area contributed by atoms with Gasteiger partial charge in [-0.05, 0) is 30.0 Å². The zero-order valence-electron chi connectivity index (χ0n) is 12.6. The summed E-state index contributed by atoms with van der Waals surface area (Å²) >= 11 is 0. The summed E-state index contributed by atoms with van der Waals surface area (Å²) in [5.74, 6) is 1.56. The Morgan fingerprint density at radius 1 is 1.20 bits per heavy atom. The van der Waals surface area contributed by atoms with Gasteiger partial charge in [0.1, 0.15) is 12.2 Å². The number of aryl methyl sites for hydroxylation is 1. The van der Waals surface area contributed by atoms with E-state index in [9.17, 15) is 0 Å². The number of benzene rings is 1. The molecule has 4 nitrogen and oxygen atoms in total. The van der Waals surface area contributed by atoms with Crippen LogP contribution in [0.5, 0.6) is 0 Å². The molecule has 20 heavy (non-hydrogen) atoms. The van der Waals surface area contributed by atoms with Crippen molar-refractivity contribution in [1.82, 2.24) is 14.8 Å². The second kappa shape index (κ2) is 7.08. The highest BCUT2D eigenvalue weighted by Gasteiger charge is 2.05. The molecule has 2 aromatic rings. The lowest BCUT2D eigenvalue weighted by Gasteiger charge is -2.10. The average molecular weight is 272 g/mol. The molecule has 0 saturated heterocycles. The van der Waals surface area contributed by atoms with E-state index in [0.717, 1.165) is 24.5 Å². The lowest BCUT2D eigenvalue weighted by Crippen LogP contribution is -2.13. The Morgan fingerprint density at radius 3 is 2.60 bits per heavy atom. The Balaban J connectivity index is 1.93. The van der Waals surface area contributed by atoms with Gasteiger partial charge in [0, 0.05) is 12.2 Å². The Hall–Kier alpha value is -1.84. The Labute approximate surface area is 121 Å². The molecule has 1 aromatic carbocycles. The van der Waals surface area contributed by atoms with E-state index in [4.69, 9.17) is 0 Å². The minimum atomic E-state index is 0.573. The van der Waals surface area contributed by atoms with E-state index in [0.29, 0.717) is 12.5 Å². The van der Waals surface area contributed by atoms with Gasteiger partial charge < -0.3 is 5.32 Å². The summed E-state index contributed by atoms with van der Waals surface area (Å²) in [6.07, 6.45) is 3.96. The van der Waals surface area contributed by atoms with Crippen LogP contribution in [0.25, 0.3) is 0 Å². The molecule has 1 aromatic heterocycles. The van der Waals surface area contributed by atoms with Crippen molar-refractivity contribution in [2.45, 2.75) is 46.7 Å². The van der Waals surface area contributed by atoms with Gasteiger partial charge in [0.2, 0.25) is 0 Å². The van der Waals surface area contributed by atoms with Crippen molar-refractivity contribution < 1.29 is 0 Å². The van der Waals surface area contributed by atoms with Crippen molar-refractivity contribution in [3.05, 3.63) is 42.0 Å². The maximum atomic E-state index is 4.32. The molecule has 2 rings (SSSR count). The van der Waals surface area contributed by atoms with Gasteiger partial charge in [-0.25, -0.2) is 9.67 Å². The molecule has 108 valence electrons. The van der Waals surface area contributed by atoms with E-state index >= 15 is 0 Å². The Kier molecular flexibility index (Phi) is 5.16. The fourth-order valence-corrected chi connectivity index (χ4v) is 2.18. The van der Waals surface area contributed by atoms with Gasteiger partial charge >= 0.3 is 0 Å². The van der Waals surface area contributed by atoms with Gasteiger partial charge in [0.15, 0.2) is 0 Å². The topological polar surface area (TPSA) is 42.7 Å². The van der Waals surface area contributed by atoms with Gasteiger partial charge in [-0.2, -0.15) is 5.10 Å². The van der Waals surface area contributed by atoms with Gasteiger partial charge in [0.25, 0.3) is 0 Å². The van der Waals surface area contributed by atoms with Crippen LogP contribution < -0.4 is 5.32 Å². The maximum Gasteiger partial charge on any atom is 0.146 e. The highest BCUT2D eigenvalue weighted by molar-refractivity contribution is 5.44. The fourth-order valence-electron chi connectivity index (χ4n) is 2.18. The Bertz CT molecular complexity index is 514. The molecular formula is C16H24N4. The quantitative estimate of drug-likeness (QED) is 0.839. The fraction of sp³-hybridized carbons (Fsp3) is 0.500. The van der Waals surface area contributed by atoms with Crippen molar-refractivity contribution in [1.29, 1.82) is 0 Å². The smallest absolute Gasteiger partial charge is 0.146 e. The number of rotatable bonds is 7. The molecule has 0 aliphatic heterocycles. The lowest BCUT2D eigenvalue weighted by atomic mass is 10.1. The number of nitrogens with one attached hydrogen (secondary N) is 1. The second-order valence-electron chi connectivity index (χ2n) is 5.55. The first-order valence-electron chi connectivity index (χ1n) is 7.38. The average Bonchev–Trinajstić information content (AvgIpc) is 2.85. The molecule has 0 aliphatic rings. The molecular weight excluding hydrogens is 248 g/mol. The van der Waals surface area contributed by atoms with Crippen LogP contribution in [0.3, 0.4) is 0 Å². The molecule has 0 atom stereocenters. The summed E-state index contributed by atoms with van der Waals surface area (Å²) in [7, 11) is 0. The number of hydrogen-bond donors (Lipinski definition) is 1. The van der Waals surface area contributed by atoms with E-state index < -0.39 is 0 Å². The van der Waals surface area contributed by atoms with Crippen molar-refractivity contribution in [2.75, 3.05) is 5.32 Å². The molecule has 4 heteroatoms. The molecule has 0 bridgehead atoms. The third kappa shape index (κ3) is 4.08. The maximum absolute atomic E-state index is 4.32. The number of nitrogens with zero attached hydrogens (tertiary/aromatic N) is 3. The number of anilines is 1. The first kappa shape index (κ1) is 14.6. The SMILES string of the molecule is CCCc1ccc(NCc2ncnn2CC(C)C)cc1. The van der Waals surface area contributed by atoms with Gasteiger partial charge in [0.05, 0.1) is 6.54 Å². The van der Waals surface area contributed by atoms with Crippen LogP contribution in [0.4, 0.5) is 5.69 Å². The summed E-state index contributed by atoms with van der Waals surface area (Å²) < 4.78 is 1.98. The molecule has 0 unspecified atom stereocenters. The van der Waals surface area contributed by atoms with E-state index in [1.165, 1.54) is 12.0 Å². The van der Waals surface area contributed by atoms with E-state index in [1.54, 1.807) is 6.33 Å². The zero-order chi connectivity index (χ0) is 14.4. The lowest BCUT2D eigenvalue weighted by molar-refractivity contribution is 0.468. The predicted octanol–water partition coefficient (Wildman–Crippen LogP) is 3.50.